The van der Waals surface area contributed by atoms with Crippen LogP contribution in [-0.2, 0) is 11.3 Å². The maximum atomic E-state index is 14.1. The second-order valence-corrected chi connectivity index (χ2v) is 5.98. The minimum Gasteiger partial charge on any atom is -0.385 e. The number of ether oxygens (including phenoxy) is 1. The summed E-state index contributed by atoms with van der Waals surface area (Å²) in [4.78, 5) is 2.18. The highest BCUT2D eigenvalue weighted by atomic mass is 19.1. The van der Waals surface area contributed by atoms with E-state index in [9.17, 15) is 4.39 Å². The van der Waals surface area contributed by atoms with Gasteiger partial charge < -0.3 is 15.0 Å². The van der Waals surface area contributed by atoms with Crippen LogP contribution in [0.1, 0.15) is 31.7 Å². The minimum atomic E-state index is -0.104. The molecule has 1 N–H and O–H groups in total. The molecule has 1 heterocycles. The molecule has 0 amide bonds. The third-order valence-electron chi connectivity index (χ3n) is 4.17. The van der Waals surface area contributed by atoms with Crippen molar-refractivity contribution >= 4 is 5.69 Å². The summed E-state index contributed by atoms with van der Waals surface area (Å²) in [5.74, 6) is 0.655. The van der Waals surface area contributed by atoms with E-state index in [0.29, 0.717) is 0 Å². The SMILES string of the molecule is COCCCNCc1ccc(F)c(N2CCC(C)CC2)c1. The number of hydrogen-bond donors (Lipinski definition) is 1. The average molecular weight is 294 g/mol. The summed E-state index contributed by atoms with van der Waals surface area (Å²) in [7, 11) is 1.71. The number of rotatable bonds is 7. The van der Waals surface area contributed by atoms with Gasteiger partial charge in [0.25, 0.3) is 0 Å². The van der Waals surface area contributed by atoms with Gasteiger partial charge in [0, 0.05) is 33.4 Å². The molecule has 0 unspecified atom stereocenters. The van der Waals surface area contributed by atoms with Gasteiger partial charge in [0.2, 0.25) is 0 Å². The van der Waals surface area contributed by atoms with Crippen LogP contribution in [0.25, 0.3) is 0 Å². The van der Waals surface area contributed by atoms with E-state index in [1.165, 1.54) is 0 Å². The van der Waals surface area contributed by atoms with Crippen molar-refractivity contribution in [2.75, 3.05) is 38.3 Å². The fraction of sp³-hybridized carbons (Fsp3) is 0.647. The Hall–Kier alpha value is -1.13. The molecule has 1 aliphatic heterocycles. The lowest BCUT2D eigenvalue weighted by atomic mass is 9.98. The predicted octanol–water partition coefficient (Wildman–Crippen LogP) is 3.19. The smallest absolute Gasteiger partial charge is 0.146 e. The molecule has 1 aromatic rings. The maximum absolute atomic E-state index is 14.1. The van der Waals surface area contributed by atoms with Crippen molar-refractivity contribution in [2.24, 2.45) is 5.92 Å². The summed E-state index contributed by atoms with van der Waals surface area (Å²) < 4.78 is 19.1. The summed E-state index contributed by atoms with van der Waals surface area (Å²) >= 11 is 0. The Morgan fingerprint density at radius 1 is 1.33 bits per heavy atom. The Morgan fingerprint density at radius 3 is 2.81 bits per heavy atom. The van der Waals surface area contributed by atoms with Crippen molar-refractivity contribution in [1.82, 2.24) is 5.32 Å². The second kappa shape index (κ2) is 8.35. The molecule has 1 saturated heterocycles. The molecule has 0 bridgehead atoms. The Labute approximate surface area is 127 Å². The molecule has 1 aromatic carbocycles. The topological polar surface area (TPSA) is 24.5 Å². The van der Waals surface area contributed by atoms with Crippen molar-refractivity contribution in [3.05, 3.63) is 29.6 Å². The molecule has 1 aliphatic rings. The first-order valence-corrected chi connectivity index (χ1v) is 7.93. The third-order valence-corrected chi connectivity index (χ3v) is 4.17. The molecule has 0 spiro atoms. The monoisotopic (exact) mass is 294 g/mol. The second-order valence-electron chi connectivity index (χ2n) is 5.98. The molecule has 4 heteroatoms. The molecule has 0 aromatic heterocycles. The molecular formula is C17H27FN2O. The highest BCUT2D eigenvalue weighted by molar-refractivity contribution is 5.50. The lowest BCUT2D eigenvalue weighted by molar-refractivity contribution is 0.194. The highest BCUT2D eigenvalue weighted by Gasteiger charge is 2.18. The van der Waals surface area contributed by atoms with E-state index in [4.69, 9.17) is 4.74 Å². The van der Waals surface area contributed by atoms with Crippen LogP contribution >= 0.6 is 0 Å². The van der Waals surface area contributed by atoms with Crippen molar-refractivity contribution in [1.29, 1.82) is 0 Å². The predicted molar refractivity (Wildman–Crippen MR) is 85.2 cm³/mol. The lowest BCUT2D eigenvalue weighted by Gasteiger charge is -2.32. The quantitative estimate of drug-likeness (QED) is 0.782. The summed E-state index contributed by atoms with van der Waals surface area (Å²) in [6, 6.07) is 5.46. The molecule has 0 atom stereocenters. The zero-order chi connectivity index (χ0) is 15.1. The van der Waals surface area contributed by atoms with E-state index in [1.807, 2.05) is 12.1 Å². The zero-order valence-electron chi connectivity index (χ0n) is 13.2. The number of piperidine rings is 1. The van der Waals surface area contributed by atoms with Crippen LogP contribution in [0.3, 0.4) is 0 Å². The van der Waals surface area contributed by atoms with Crippen molar-refractivity contribution < 1.29 is 9.13 Å². The number of benzene rings is 1. The fourth-order valence-electron chi connectivity index (χ4n) is 2.73. The van der Waals surface area contributed by atoms with E-state index in [2.05, 4.69) is 17.1 Å². The standard InChI is InChI=1S/C17H27FN2O/c1-14-6-9-20(10-7-14)17-12-15(4-5-16(17)18)13-19-8-3-11-21-2/h4-5,12,14,19H,3,6-11,13H2,1-2H3. The van der Waals surface area contributed by atoms with Gasteiger partial charge in [-0.2, -0.15) is 0 Å². The number of anilines is 1. The fourth-order valence-corrected chi connectivity index (χ4v) is 2.73. The lowest BCUT2D eigenvalue weighted by Crippen LogP contribution is -2.33. The van der Waals surface area contributed by atoms with Gasteiger partial charge in [0.1, 0.15) is 5.82 Å². The van der Waals surface area contributed by atoms with E-state index in [1.54, 1.807) is 13.2 Å². The van der Waals surface area contributed by atoms with Gasteiger partial charge in [-0.15, -0.1) is 0 Å². The zero-order valence-corrected chi connectivity index (χ0v) is 13.2. The number of hydrogen-bond acceptors (Lipinski definition) is 3. The van der Waals surface area contributed by atoms with Crippen LogP contribution in [0, 0.1) is 11.7 Å². The van der Waals surface area contributed by atoms with Gasteiger partial charge in [-0.1, -0.05) is 13.0 Å². The van der Waals surface area contributed by atoms with Gasteiger partial charge in [-0.25, -0.2) is 4.39 Å². The van der Waals surface area contributed by atoms with Gasteiger partial charge >= 0.3 is 0 Å². The normalized spacial score (nSPS) is 16.4. The van der Waals surface area contributed by atoms with Crippen LogP contribution in [-0.4, -0.2) is 33.4 Å². The van der Waals surface area contributed by atoms with Crippen molar-refractivity contribution in [2.45, 2.75) is 32.7 Å². The van der Waals surface area contributed by atoms with E-state index >= 15 is 0 Å². The van der Waals surface area contributed by atoms with E-state index in [0.717, 1.165) is 69.2 Å². The molecule has 1 fully saturated rings. The molecule has 0 aliphatic carbocycles. The van der Waals surface area contributed by atoms with E-state index in [-0.39, 0.29) is 5.82 Å². The largest absolute Gasteiger partial charge is 0.385 e. The minimum absolute atomic E-state index is 0.104. The van der Waals surface area contributed by atoms with Gasteiger partial charge in [-0.05, 0) is 49.4 Å². The molecule has 2 rings (SSSR count). The molecular weight excluding hydrogens is 267 g/mol. The Kier molecular flexibility index (Phi) is 6.46. The number of nitrogens with one attached hydrogen (secondary N) is 1. The molecule has 21 heavy (non-hydrogen) atoms. The van der Waals surface area contributed by atoms with E-state index < -0.39 is 0 Å². The number of methoxy groups -OCH3 is 1. The first-order valence-electron chi connectivity index (χ1n) is 7.93. The van der Waals surface area contributed by atoms with Crippen LogP contribution in [0.2, 0.25) is 0 Å². The molecule has 0 saturated carbocycles. The third kappa shape index (κ3) is 4.97. The summed E-state index contributed by atoms with van der Waals surface area (Å²) in [6.07, 6.45) is 3.30. The van der Waals surface area contributed by atoms with Crippen LogP contribution < -0.4 is 10.2 Å². The number of nitrogens with zero attached hydrogens (tertiary/aromatic N) is 1. The van der Waals surface area contributed by atoms with Crippen molar-refractivity contribution in [3.8, 4) is 0 Å². The van der Waals surface area contributed by atoms with Crippen LogP contribution in [0.4, 0.5) is 10.1 Å². The highest BCUT2D eigenvalue weighted by Crippen LogP contribution is 2.26. The van der Waals surface area contributed by atoms with Gasteiger partial charge in [0.15, 0.2) is 0 Å². The summed E-state index contributed by atoms with van der Waals surface area (Å²) in [5, 5.41) is 3.37. The van der Waals surface area contributed by atoms with Gasteiger partial charge in [-0.3, -0.25) is 0 Å². The average Bonchev–Trinajstić information content (AvgIpc) is 2.50. The van der Waals surface area contributed by atoms with Crippen LogP contribution in [0.5, 0.6) is 0 Å². The Bertz CT molecular complexity index is 431. The Balaban J connectivity index is 1.90. The first-order chi connectivity index (χ1) is 10.2. The first kappa shape index (κ1) is 16.2. The van der Waals surface area contributed by atoms with Crippen molar-refractivity contribution in [3.63, 3.8) is 0 Å². The molecule has 0 radical (unpaired) electrons. The van der Waals surface area contributed by atoms with Crippen LogP contribution in [0.15, 0.2) is 18.2 Å². The summed E-state index contributed by atoms with van der Waals surface area (Å²) in [6.45, 7) is 6.66. The maximum Gasteiger partial charge on any atom is 0.146 e. The molecule has 118 valence electrons. The van der Waals surface area contributed by atoms with Gasteiger partial charge in [0.05, 0.1) is 5.69 Å². The number of halogens is 1. The molecule has 3 nitrogen and oxygen atoms in total. The Morgan fingerprint density at radius 2 is 2.10 bits per heavy atom. The summed E-state index contributed by atoms with van der Waals surface area (Å²) in [5.41, 5.74) is 1.90.